The van der Waals surface area contributed by atoms with Crippen molar-refractivity contribution in [2.24, 2.45) is 4.99 Å². The monoisotopic (exact) mass is 315 g/mol. The van der Waals surface area contributed by atoms with E-state index in [9.17, 15) is 8.42 Å². The number of hydrogen-bond donors (Lipinski definition) is 1. The van der Waals surface area contributed by atoms with Gasteiger partial charge in [0.1, 0.15) is 5.82 Å². The number of hydrogen-bond acceptors (Lipinski definition) is 5. The fourth-order valence-electron chi connectivity index (χ4n) is 2.59. The Morgan fingerprint density at radius 1 is 1.27 bits per heavy atom. The molecule has 2 aromatic rings. The summed E-state index contributed by atoms with van der Waals surface area (Å²) in [6, 6.07) is 9.35. The molecule has 0 fully saturated rings. The van der Waals surface area contributed by atoms with Crippen molar-refractivity contribution in [2.45, 2.75) is 19.2 Å². The van der Waals surface area contributed by atoms with Crippen LogP contribution in [0, 0.1) is 0 Å². The number of nitrogens with one attached hydrogen (secondary N) is 1. The summed E-state index contributed by atoms with van der Waals surface area (Å²) in [6.07, 6.45) is 2.99. The molecule has 0 bridgehead atoms. The van der Waals surface area contributed by atoms with E-state index in [4.69, 9.17) is 0 Å². The zero-order valence-corrected chi connectivity index (χ0v) is 13.3. The molecule has 0 aliphatic carbocycles. The highest BCUT2D eigenvalue weighted by atomic mass is 32.2. The fraction of sp³-hybridized carbons (Fsp3) is 0.250. The first-order valence-electron chi connectivity index (χ1n) is 6.95. The summed E-state index contributed by atoms with van der Waals surface area (Å²) in [5.74, 6) is 0.788. The summed E-state index contributed by atoms with van der Waals surface area (Å²) in [7, 11) is -3.05. The number of nitrogens with zero attached hydrogens (tertiary/aromatic N) is 2. The molecule has 0 atom stereocenters. The second-order valence-corrected chi connectivity index (χ2v) is 7.63. The summed E-state index contributed by atoms with van der Waals surface area (Å²) in [4.78, 5) is 8.82. The van der Waals surface area contributed by atoms with Crippen molar-refractivity contribution in [2.75, 3.05) is 11.6 Å². The lowest BCUT2D eigenvalue weighted by molar-refractivity contribution is 0.601. The minimum absolute atomic E-state index is 0.0311. The van der Waals surface area contributed by atoms with Crippen LogP contribution in [0.1, 0.15) is 23.6 Å². The molecule has 0 spiro atoms. The molecule has 22 heavy (non-hydrogen) atoms. The van der Waals surface area contributed by atoms with E-state index in [1.165, 1.54) is 6.26 Å². The molecule has 6 heteroatoms. The minimum Gasteiger partial charge on any atom is -0.340 e. The zero-order chi connectivity index (χ0) is 15.7. The highest BCUT2D eigenvalue weighted by Crippen LogP contribution is 2.27. The molecule has 1 aliphatic heterocycles. The standard InChI is InChI=1S/C16H17N3O2S/c1-11-15-13(9-18-11)6-7-17-16(15)19-14-5-3-4-12(8-14)10-22(2,20)21/h3-8H,9-10H2,1-2H3,(H,17,19). The van der Waals surface area contributed by atoms with Gasteiger partial charge in [-0.25, -0.2) is 13.4 Å². The van der Waals surface area contributed by atoms with Crippen molar-refractivity contribution in [1.82, 2.24) is 4.98 Å². The lowest BCUT2D eigenvalue weighted by atomic mass is 10.1. The highest BCUT2D eigenvalue weighted by Gasteiger charge is 2.17. The van der Waals surface area contributed by atoms with Gasteiger partial charge in [0.15, 0.2) is 9.84 Å². The van der Waals surface area contributed by atoms with Crippen molar-refractivity contribution >= 4 is 27.1 Å². The quantitative estimate of drug-likeness (QED) is 0.941. The topological polar surface area (TPSA) is 71.4 Å². The molecule has 114 valence electrons. The summed E-state index contributed by atoms with van der Waals surface area (Å²) in [6.45, 7) is 2.66. The molecule has 0 saturated carbocycles. The SMILES string of the molecule is CC1=NCc2ccnc(Nc3cccc(CS(C)(=O)=O)c3)c21. The second kappa shape index (κ2) is 5.53. The Morgan fingerprint density at radius 3 is 2.86 bits per heavy atom. The van der Waals surface area contributed by atoms with Gasteiger partial charge < -0.3 is 5.32 Å². The Morgan fingerprint density at radius 2 is 2.09 bits per heavy atom. The van der Waals surface area contributed by atoms with E-state index in [-0.39, 0.29) is 5.75 Å². The molecule has 1 aromatic carbocycles. The number of aromatic nitrogens is 1. The number of aliphatic imine (C=N–C) groups is 1. The van der Waals surface area contributed by atoms with Crippen molar-refractivity contribution in [3.63, 3.8) is 0 Å². The molecule has 1 aliphatic rings. The van der Waals surface area contributed by atoms with Gasteiger partial charge in [-0.3, -0.25) is 4.99 Å². The molecule has 5 nitrogen and oxygen atoms in total. The smallest absolute Gasteiger partial charge is 0.151 e. The van der Waals surface area contributed by atoms with E-state index in [2.05, 4.69) is 15.3 Å². The minimum atomic E-state index is -3.05. The maximum atomic E-state index is 11.4. The molecule has 3 rings (SSSR count). The van der Waals surface area contributed by atoms with E-state index < -0.39 is 9.84 Å². The van der Waals surface area contributed by atoms with Gasteiger partial charge in [0.2, 0.25) is 0 Å². The van der Waals surface area contributed by atoms with Crippen LogP contribution in [0.15, 0.2) is 41.5 Å². The molecule has 0 radical (unpaired) electrons. The van der Waals surface area contributed by atoms with E-state index in [0.717, 1.165) is 33.9 Å². The number of anilines is 2. The Balaban J connectivity index is 1.90. The number of pyridine rings is 1. The van der Waals surface area contributed by atoms with Crippen LogP contribution in [0.3, 0.4) is 0 Å². The Bertz CT molecular complexity index is 857. The van der Waals surface area contributed by atoms with Gasteiger partial charge >= 0.3 is 0 Å². The Labute approximate surface area is 130 Å². The molecular formula is C16H17N3O2S. The Kier molecular flexibility index (Phi) is 3.70. The van der Waals surface area contributed by atoms with E-state index in [1.54, 1.807) is 6.20 Å². The first-order chi connectivity index (χ1) is 10.4. The zero-order valence-electron chi connectivity index (χ0n) is 12.5. The van der Waals surface area contributed by atoms with Crippen molar-refractivity contribution in [3.8, 4) is 0 Å². The van der Waals surface area contributed by atoms with Crippen LogP contribution in [0.4, 0.5) is 11.5 Å². The number of benzene rings is 1. The van der Waals surface area contributed by atoms with E-state index in [0.29, 0.717) is 6.54 Å². The normalized spacial score (nSPS) is 13.6. The Hall–Kier alpha value is -2.21. The average molecular weight is 315 g/mol. The largest absolute Gasteiger partial charge is 0.340 e. The van der Waals surface area contributed by atoms with Crippen LogP contribution in [0.5, 0.6) is 0 Å². The van der Waals surface area contributed by atoms with Crippen LogP contribution >= 0.6 is 0 Å². The van der Waals surface area contributed by atoms with Crippen molar-refractivity contribution in [3.05, 3.63) is 53.2 Å². The lowest BCUT2D eigenvalue weighted by Gasteiger charge is -2.11. The van der Waals surface area contributed by atoms with Gasteiger partial charge in [0.05, 0.1) is 12.3 Å². The third-order valence-corrected chi connectivity index (χ3v) is 4.36. The van der Waals surface area contributed by atoms with Gasteiger partial charge in [0.25, 0.3) is 0 Å². The van der Waals surface area contributed by atoms with Crippen LogP contribution in [-0.2, 0) is 22.1 Å². The molecular weight excluding hydrogens is 298 g/mol. The van der Waals surface area contributed by atoms with Crippen LogP contribution in [-0.4, -0.2) is 25.4 Å². The number of sulfone groups is 1. The van der Waals surface area contributed by atoms with E-state index in [1.807, 2.05) is 37.3 Å². The van der Waals surface area contributed by atoms with Gasteiger partial charge in [-0.2, -0.15) is 0 Å². The van der Waals surface area contributed by atoms with Crippen LogP contribution in [0.25, 0.3) is 0 Å². The molecule has 0 unspecified atom stereocenters. The average Bonchev–Trinajstić information content (AvgIpc) is 2.80. The molecule has 1 N–H and O–H groups in total. The van der Waals surface area contributed by atoms with Gasteiger partial charge in [0, 0.05) is 29.4 Å². The van der Waals surface area contributed by atoms with Gasteiger partial charge in [-0.05, 0) is 36.2 Å². The molecule has 0 saturated heterocycles. The summed E-state index contributed by atoms with van der Waals surface area (Å²) in [5.41, 5.74) is 4.74. The lowest BCUT2D eigenvalue weighted by Crippen LogP contribution is -2.04. The third kappa shape index (κ3) is 3.17. The van der Waals surface area contributed by atoms with Crippen LogP contribution in [0.2, 0.25) is 0 Å². The maximum Gasteiger partial charge on any atom is 0.151 e. The third-order valence-electron chi connectivity index (χ3n) is 3.50. The first-order valence-corrected chi connectivity index (χ1v) is 9.01. The second-order valence-electron chi connectivity index (χ2n) is 5.49. The van der Waals surface area contributed by atoms with Gasteiger partial charge in [-0.15, -0.1) is 0 Å². The van der Waals surface area contributed by atoms with Crippen molar-refractivity contribution in [1.29, 1.82) is 0 Å². The molecule has 2 heterocycles. The van der Waals surface area contributed by atoms with Crippen molar-refractivity contribution < 1.29 is 8.42 Å². The predicted octanol–water partition coefficient (Wildman–Crippen LogP) is 2.69. The maximum absolute atomic E-state index is 11.4. The summed E-state index contributed by atoms with van der Waals surface area (Å²) in [5, 5.41) is 3.27. The predicted molar refractivity (Wildman–Crippen MR) is 88.4 cm³/mol. The first kappa shape index (κ1) is 14.7. The molecule has 1 aromatic heterocycles. The van der Waals surface area contributed by atoms with E-state index >= 15 is 0 Å². The number of rotatable bonds is 4. The summed E-state index contributed by atoms with van der Waals surface area (Å²) >= 11 is 0. The van der Waals surface area contributed by atoms with Crippen LogP contribution < -0.4 is 5.32 Å². The fourth-order valence-corrected chi connectivity index (χ4v) is 3.38. The van der Waals surface area contributed by atoms with Gasteiger partial charge in [-0.1, -0.05) is 12.1 Å². The molecule has 0 amide bonds. The highest BCUT2D eigenvalue weighted by molar-refractivity contribution is 7.89. The summed E-state index contributed by atoms with van der Waals surface area (Å²) < 4.78 is 22.8. The number of fused-ring (bicyclic) bond motifs is 1.